The predicted octanol–water partition coefficient (Wildman–Crippen LogP) is 4.92. The lowest BCUT2D eigenvalue weighted by Gasteiger charge is -2.35. The molecule has 0 spiro atoms. The molecule has 1 atom stereocenters. The van der Waals surface area contributed by atoms with E-state index < -0.39 is 34.9 Å². The van der Waals surface area contributed by atoms with Gasteiger partial charge in [0.05, 0.1) is 11.0 Å². The zero-order chi connectivity index (χ0) is 20.9. The van der Waals surface area contributed by atoms with Crippen LogP contribution in [0.4, 0.5) is 22.4 Å². The van der Waals surface area contributed by atoms with Crippen molar-refractivity contribution in [3.63, 3.8) is 0 Å². The molecule has 1 aliphatic carbocycles. The molecule has 0 radical (unpaired) electrons. The van der Waals surface area contributed by atoms with Gasteiger partial charge in [0, 0.05) is 7.05 Å². The van der Waals surface area contributed by atoms with E-state index in [0.717, 1.165) is 31.7 Å². The van der Waals surface area contributed by atoms with Crippen LogP contribution in [0.1, 0.15) is 63.0 Å². The first kappa shape index (κ1) is 22.2. The minimum absolute atomic E-state index is 0.174. The number of amides is 3. The van der Waals surface area contributed by atoms with E-state index in [9.17, 15) is 27.2 Å². The van der Waals surface area contributed by atoms with Crippen LogP contribution in [0.3, 0.4) is 0 Å². The first-order valence-electron chi connectivity index (χ1n) is 9.54. The number of carbonyl (C=O) groups excluding carboxylic acids is 2. The molecule has 0 aliphatic heterocycles. The molecule has 1 saturated carbocycles. The maximum atomic E-state index is 14.3. The number of alkyl halides is 3. The zero-order valence-electron chi connectivity index (χ0n) is 16.1. The minimum atomic E-state index is -4.81. The number of rotatable bonds is 6. The fraction of sp³-hybridized carbons (Fsp3) is 0.600. The van der Waals surface area contributed by atoms with Crippen molar-refractivity contribution in [3.8, 4) is 0 Å². The van der Waals surface area contributed by atoms with Crippen molar-refractivity contribution < 1.29 is 27.2 Å². The van der Waals surface area contributed by atoms with Gasteiger partial charge in [0.1, 0.15) is 5.82 Å². The summed E-state index contributed by atoms with van der Waals surface area (Å²) in [7, 11) is 1.36. The summed E-state index contributed by atoms with van der Waals surface area (Å²) in [6.45, 7) is 1.84. The Hall–Kier alpha value is -2.12. The Bertz CT molecular complexity index is 715. The van der Waals surface area contributed by atoms with Crippen molar-refractivity contribution in [1.29, 1.82) is 0 Å². The van der Waals surface area contributed by atoms with Crippen LogP contribution in [0.15, 0.2) is 18.2 Å². The van der Waals surface area contributed by atoms with Gasteiger partial charge < -0.3 is 5.32 Å². The van der Waals surface area contributed by atoms with Crippen molar-refractivity contribution >= 4 is 11.9 Å². The van der Waals surface area contributed by atoms with E-state index in [1.54, 1.807) is 0 Å². The second-order valence-electron chi connectivity index (χ2n) is 7.41. The van der Waals surface area contributed by atoms with Gasteiger partial charge in [0.25, 0.3) is 0 Å². The summed E-state index contributed by atoms with van der Waals surface area (Å²) in [5.74, 6) is -1.82. The first-order valence-corrected chi connectivity index (χ1v) is 9.54. The summed E-state index contributed by atoms with van der Waals surface area (Å²) in [6.07, 6.45) is 0.258. The van der Waals surface area contributed by atoms with E-state index in [0.29, 0.717) is 25.3 Å². The molecule has 1 aromatic rings. The van der Waals surface area contributed by atoms with Crippen LogP contribution in [0.2, 0.25) is 0 Å². The van der Waals surface area contributed by atoms with Crippen molar-refractivity contribution in [2.45, 2.75) is 63.5 Å². The molecule has 4 nitrogen and oxygen atoms in total. The summed E-state index contributed by atoms with van der Waals surface area (Å²) >= 11 is 0. The highest BCUT2D eigenvalue weighted by Crippen LogP contribution is 2.43. The molecule has 2 N–H and O–H groups in total. The van der Waals surface area contributed by atoms with E-state index >= 15 is 0 Å². The first-order chi connectivity index (χ1) is 13.1. The van der Waals surface area contributed by atoms with Crippen molar-refractivity contribution in [1.82, 2.24) is 10.6 Å². The quantitative estimate of drug-likeness (QED) is 0.664. The summed E-state index contributed by atoms with van der Waals surface area (Å²) in [5, 5.41) is 4.56. The van der Waals surface area contributed by atoms with E-state index in [1.165, 1.54) is 13.1 Å². The normalized spacial score (nSPS) is 17.2. The Labute approximate surface area is 162 Å². The second kappa shape index (κ2) is 8.92. The molecule has 2 rings (SSSR count). The molecule has 156 valence electrons. The third-order valence-electron chi connectivity index (χ3n) is 5.50. The highest BCUT2D eigenvalue weighted by Gasteiger charge is 2.44. The maximum absolute atomic E-state index is 14.3. The fourth-order valence-electron chi connectivity index (χ4n) is 4.16. The molecule has 28 heavy (non-hydrogen) atoms. The van der Waals surface area contributed by atoms with Gasteiger partial charge in [-0.05, 0) is 36.5 Å². The Morgan fingerprint density at radius 3 is 2.32 bits per heavy atom. The average Bonchev–Trinajstić information content (AvgIpc) is 3.12. The van der Waals surface area contributed by atoms with Crippen molar-refractivity contribution in [2.24, 2.45) is 5.92 Å². The van der Waals surface area contributed by atoms with E-state index in [-0.39, 0.29) is 11.5 Å². The van der Waals surface area contributed by atoms with Crippen LogP contribution >= 0.6 is 0 Å². The SMILES string of the molecule is CCCC(CC1CCCC1)(C(=O)NC(=O)NC)c1ccc(C(F)(F)F)c(F)c1. The molecule has 0 aromatic heterocycles. The summed E-state index contributed by atoms with van der Waals surface area (Å²) in [4.78, 5) is 24.8. The van der Waals surface area contributed by atoms with Gasteiger partial charge in [-0.2, -0.15) is 13.2 Å². The molecule has 0 saturated heterocycles. The second-order valence-corrected chi connectivity index (χ2v) is 7.41. The highest BCUT2D eigenvalue weighted by molar-refractivity contribution is 6.00. The molecule has 1 aliphatic rings. The maximum Gasteiger partial charge on any atom is 0.419 e. The van der Waals surface area contributed by atoms with Gasteiger partial charge in [-0.3, -0.25) is 10.1 Å². The third-order valence-corrected chi connectivity index (χ3v) is 5.50. The summed E-state index contributed by atoms with van der Waals surface area (Å²) in [5.41, 5.74) is -2.45. The van der Waals surface area contributed by atoms with Gasteiger partial charge in [-0.25, -0.2) is 9.18 Å². The molecule has 8 heteroatoms. The van der Waals surface area contributed by atoms with E-state index in [1.807, 2.05) is 6.92 Å². The van der Waals surface area contributed by atoms with Crippen LogP contribution in [0, 0.1) is 11.7 Å². The van der Waals surface area contributed by atoms with Crippen LogP contribution < -0.4 is 10.6 Å². The highest BCUT2D eigenvalue weighted by atomic mass is 19.4. The lowest BCUT2D eigenvalue weighted by Crippen LogP contribution is -2.50. The molecule has 1 unspecified atom stereocenters. The van der Waals surface area contributed by atoms with Gasteiger partial charge in [-0.15, -0.1) is 0 Å². The monoisotopic (exact) mass is 402 g/mol. The fourth-order valence-corrected chi connectivity index (χ4v) is 4.16. The van der Waals surface area contributed by atoms with Crippen LogP contribution in [-0.4, -0.2) is 19.0 Å². The van der Waals surface area contributed by atoms with E-state index in [4.69, 9.17) is 0 Å². The van der Waals surface area contributed by atoms with Crippen molar-refractivity contribution in [3.05, 3.63) is 35.1 Å². The molecule has 1 aromatic carbocycles. The average molecular weight is 402 g/mol. The Morgan fingerprint density at radius 2 is 1.82 bits per heavy atom. The number of halogens is 4. The van der Waals surface area contributed by atoms with Crippen molar-refractivity contribution in [2.75, 3.05) is 7.05 Å². The number of carbonyl (C=O) groups is 2. The molecule has 3 amide bonds. The largest absolute Gasteiger partial charge is 0.419 e. The number of urea groups is 1. The summed E-state index contributed by atoms with van der Waals surface area (Å²) in [6, 6.07) is 1.94. The number of imide groups is 1. The minimum Gasteiger partial charge on any atom is -0.341 e. The number of nitrogens with one attached hydrogen (secondary N) is 2. The third kappa shape index (κ3) is 4.83. The smallest absolute Gasteiger partial charge is 0.341 e. The predicted molar refractivity (Wildman–Crippen MR) is 97.2 cm³/mol. The topological polar surface area (TPSA) is 58.2 Å². The number of hydrogen-bond acceptors (Lipinski definition) is 2. The Morgan fingerprint density at radius 1 is 1.18 bits per heavy atom. The Balaban J connectivity index is 2.52. The standard InChI is InChI=1S/C20H26F4N2O2/c1-3-10-19(12-13-6-4-5-7-13,17(27)26-18(28)25-2)14-8-9-15(16(21)11-14)20(22,23)24/h8-9,11,13H,3-7,10,12H2,1-2H3,(H2,25,26,27,28). The lowest BCUT2D eigenvalue weighted by atomic mass is 9.69. The zero-order valence-corrected chi connectivity index (χ0v) is 16.1. The Kier molecular flexibility index (Phi) is 7.06. The number of hydrogen-bond donors (Lipinski definition) is 2. The van der Waals surface area contributed by atoms with Crippen LogP contribution in [0.5, 0.6) is 0 Å². The van der Waals surface area contributed by atoms with E-state index in [2.05, 4.69) is 10.6 Å². The van der Waals surface area contributed by atoms with Crippen LogP contribution in [-0.2, 0) is 16.4 Å². The molecule has 1 fully saturated rings. The molecule has 0 heterocycles. The van der Waals surface area contributed by atoms with Gasteiger partial charge in [0.15, 0.2) is 0 Å². The number of benzene rings is 1. The van der Waals surface area contributed by atoms with Crippen LogP contribution in [0.25, 0.3) is 0 Å². The molecular formula is C20H26F4N2O2. The summed E-state index contributed by atoms with van der Waals surface area (Å²) < 4.78 is 53.2. The van der Waals surface area contributed by atoms with Gasteiger partial charge >= 0.3 is 12.2 Å². The van der Waals surface area contributed by atoms with Gasteiger partial charge in [-0.1, -0.05) is 45.1 Å². The van der Waals surface area contributed by atoms with Gasteiger partial charge in [0.2, 0.25) is 5.91 Å². The molecular weight excluding hydrogens is 376 g/mol. The molecule has 0 bridgehead atoms. The lowest BCUT2D eigenvalue weighted by molar-refractivity contribution is -0.140.